The molecule has 0 aromatic rings. The molecule has 0 aromatic heterocycles. The highest BCUT2D eigenvalue weighted by molar-refractivity contribution is 5.82. The second kappa shape index (κ2) is 7.94. The number of hydrogen-bond donors (Lipinski definition) is 0. The fourth-order valence-corrected chi connectivity index (χ4v) is 1.74. The Bertz CT molecular complexity index is 310. The van der Waals surface area contributed by atoms with E-state index in [-0.39, 0.29) is 18.6 Å². The lowest BCUT2D eigenvalue weighted by molar-refractivity contribution is -0.511. The first-order chi connectivity index (χ1) is 8.65. The first-order valence-corrected chi connectivity index (χ1v) is 6.19. The van der Waals surface area contributed by atoms with Gasteiger partial charge in [-0.05, 0) is 12.8 Å². The standard InChI is InChI=1S/C12H19NO5/c1-2-3-4-5-6-11(14)10(13(15)16)9-12-17-7-8-18-12/h3-4,10,12H,2,5-9H2,1H3. The number of ether oxygens (including phenoxy) is 2. The van der Waals surface area contributed by atoms with E-state index in [1.807, 2.05) is 19.1 Å². The van der Waals surface area contributed by atoms with Crippen LogP contribution < -0.4 is 0 Å². The van der Waals surface area contributed by atoms with Crippen molar-refractivity contribution in [3.05, 3.63) is 22.3 Å². The van der Waals surface area contributed by atoms with Gasteiger partial charge in [0.15, 0.2) is 6.29 Å². The maximum atomic E-state index is 11.7. The molecule has 1 aliphatic heterocycles. The fourth-order valence-electron chi connectivity index (χ4n) is 1.74. The number of nitro groups is 1. The number of Topliss-reactive ketones (excluding diaryl/α,β-unsaturated/α-hetero) is 1. The number of carbonyl (C=O) groups excluding carboxylic acids is 1. The van der Waals surface area contributed by atoms with Gasteiger partial charge >= 0.3 is 0 Å². The summed E-state index contributed by atoms with van der Waals surface area (Å²) >= 11 is 0. The first-order valence-electron chi connectivity index (χ1n) is 6.19. The Morgan fingerprint density at radius 3 is 2.67 bits per heavy atom. The molecule has 6 nitrogen and oxygen atoms in total. The fraction of sp³-hybridized carbons (Fsp3) is 0.750. The Labute approximate surface area is 106 Å². The summed E-state index contributed by atoms with van der Waals surface area (Å²) in [5.74, 6) is -0.361. The van der Waals surface area contributed by atoms with Crippen LogP contribution in [0.15, 0.2) is 12.2 Å². The van der Waals surface area contributed by atoms with Crippen molar-refractivity contribution in [3.63, 3.8) is 0 Å². The van der Waals surface area contributed by atoms with Gasteiger partial charge in [-0.15, -0.1) is 0 Å². The molecule has 0 amide bonds. The van der Waals surface area contributed by atoms with E-state index < -0.39 is 17.3 Å². The van der Waals surface area contributed by atoms with Crippen LogP contribution >= 0.6 is 0 Å². The third kappa shape index (κ3) is 4.93. The van der Waals surface area contributed by atoms with E-state index in [0.29, 0.717) is 19.6 Å². The highest BCUT2D eigenvalue weighted by atomic mass is 16.7. The lowest BCUT2D eigenvalue weighted by Gasteiger charge is -2.12. The molecule has 1 heterocycles. The maximum absolute atomic E-state index is 11.7. The van der Waals surface area contributed by atoms with Gasteiger partial charge in [-0.25, -0.2) is 0 Å². The zero-order valence-corrected chi connectivity index (χ0v) is 10.5. The van der Waals surface area contributed by atoms with Crippen LogP contribution in [0, 0.1) is 10.1 Å². The van der Waals surface area contributed by atoms with Crippen molar-refractivity contribution >= 4 is 5.78 Å². The highest BCUT2D eigenvalue weighted by Crippen LogP contribution is 2.14. The van der Waals surface area contributed by atoms with E-state index in [1.165, 1.54) is 0 Å². The molecular weight excluding hydrogens is 238 g/mol. The summed E-state index contributed by atoms with van der Waals surface area (Å²) in [4.78, 5) is 22.1. The monoisotopic (exact) mass is 257 g/mol. The molecule has 1 unspecified atom stereocenters. The molecule has 0 bridgehead atoms. The Hall–Kier alpha value is -1.27. The average molecular weight is 257 g/mol. The Morgan fingerprint density at radius 2 is 2.11 bits per heavy atom. The van der Waals surface area contributed by atoms with Gasteiger partial charge in [-0.2, -0.15) is 0 Å². The predicted octanol–water partition coefficient (Wildman–Crippen LogP) is 1.71. The smallest absolute Gasteiger partial charge is 0.275 e. The zero-order chi connectivity index (χ0) is 13.4. The number of nitrogens with zero attached hydrogens (tertiary/aromatic N) is 1. The van der Waals surface area contributed by atoms with Crippen LogP contribution in [0.5, 0.6) is 0 Å². The van der Waals surface area contributed by atoms with Crippen LogP contribution in [0.4, 0.5) is 0 Å². The van der Waals surface area contributed by atoms with Crippen LogP contribution in [0.2, 0.25) is 0 Å². The van der Waals surface area contributed by atoms with E-state index in [2.05, 4.69) is 0 Å². The summed E-state index contributed by atoms with van der Waals surface area (Å²) in [5.41, 5.74) is 0. The van der Waals surface area contributed by atoms with Gasteiger partial charge in [0.25, 0.3) is 6.04 Å². The van der Waals surface area contributed by atoms with E-state index in [0.717, 1.165) is 6.42 Å². The zero-order valence-electron chi connectivity index (χ0n) is 10.5. The van der Waals surface area contributed by atoms with Gasteiger partial charge in [-0.1, -0.05) is 19.1 Å². The molecule has 18 heavy (non-hydrogen) atoms. The molecule has 0 radical (unpaired) electrons. The minimum atomic E-state index is -1.22. The van der Waals surface area contributed by atoms with Gasteiger partial charge in [0.2, 0.25) is 5.78 Å². The molecule has 1 fully saturated rings. The molecule has 0 saturated carbocycles. The largest absolute Gasteiger partial charge is 0.350 e. The van der Waals surface area contributed by atoms with Gasteiger partial charge in [0.1, 0.15) is 0 Å². The molecule has 1 atom stereocenters. The molecule has 1 saturated heterocycles. The van der Waals surface area contributed by atoms with Crippen LogP contribution in [0.1, 0.15) is 32.6 Å². The molecule has 1 rings (SSSR count). The van der Waals surface area contributed by atoms with E-state index >= 15 is 0 Å². The second-order valence-corrected chi connectivity index (χ2v) is 4.09. The topological polar surface area (TPSA) is 78.7 Å². The van der Waals surface area contributed by atoms with Crippen LogP contribution in [-0.2, 0) is 14.3 Å². The van der Waals surface area contributed by atoms with Gasteiger partial charge in [-0.3, -0.25) is 14.9 Å². The number of allylic oxidation sites excluding steroid dienone is 2. The molecule has 0 aromatic carbocycles. The lowest BCUT2D eigenvalue weighted by atomic mass is 10.0. The highest BCUT2D eigenvalue weighted by Gasteiger charge is 2.34. The van der Waals surface area contributed by atoms with E-state index in [9.17, 15) is 14.9 Å². The number of rotatable bonds is 8. The van der Waals surface area contributed by atoms with Gasteiger partial charge < -0.3 is 9.47 Å². The molecular formula is C12H19NO5. The molecule has 1 aliphatic rings. The summed E-state index contributed by atoms with van der Waals surface area (Å²) in [6, 6.07) is -1.22. The summed E-state index contributed by atoms with van der Waals surface area (Å²) in [5, 5.41) is 10.9. The number of carbonyl (C=O) groups is 1. The van der Waals surface area contributed by atoms with Crippen molar-refractivity contribution in [1.82, 2.24) is 0 Å². The Balaban J connectivity index is 2.42. The summed E-state index contributed by atoms with van der Waals surface area (Å²) in [6.45, 7) is 2.86. The maximum Gasteiger partial charge on any atom is 0.275 e. The van der Waals surface area contributed by atoms with Crippen LogP contribution in [-0.4, -0.2) is 36.3 Å². The van der Waals surface area contributed by atoms with Crippen molar-refractivity contribution in [3.8, 4) is 0 Å². The van der Waals surface area contributed by atoms with E-state index in [4.69, 9.17) is 9.47 Å². The first kappa shape index (κ1) is 14.8. The Morgan fingerprint density at radius 1 is 1.44 bits per heavy atom. The van der Waals surface area contributed by atoms with Crippen molar-refractivity contribution in [2.75, 3.05) is 13.2 Å². The summed E-state index contributed by atoms with van der Waals surface area (Å²) < 4.78 is 10.3. The van der Waals surface area contributed by atoms with Crippen molar-refractivity contribution in [2.24, 2.45) is 0 Å². The molecule has 0 aliphatic carbocycles. The molecule has 0 N–H and O–H groups in total. The number of hydrogen-bond acceptors (Lipinski definition) is 5. The van der Waals surface area contributed by atoms with Crippen molar-refractivity contribution in [2.45, 2.75) is 44.9 Å². The predicted molar refractivity (Wildman–Crippen MR) is 64.8 cm³/mol. The van der Waals surface area contributed by atoms with Crippen molar-refractivity contribution < 1.29 is 19.2 Å². The minimum absolute atomic E-state index is 0.00330. The van der Waals surface area contributed by atoms with Gasteiger partial charge in [0, 0.05) is 11.3 Å². The molecule has 6 heteroatoms. The third-order valence-electron chi connectivity index (χ3n) is 2.69. The van der Waals surface area contributed by atoms with Crippen LogP contribution in [0.25, 0.3) is 0 Å². The molecule has 102 valence electrons. The van der Waals surface area contributed by atoms with Crippen molar-refractivity contribution in [1.29, 1.82) is 0 Å². The summed E-state index contributed by atoms with van der Waals surface area (Å²) in [7, 11) is 0. The average Bonchev–Trinajstić information content (AvgIpc) is 2.84. The normalized spacial score (nSPS) is 18.3. The Kier molecular flexibility index (Phi) is 6.53. The quantitative estimate of drug-likeness (QED) is 0.376. The third-order valence-corrected chi connectivity index (χ3v) is 2.69. The molecule has 0 spiro atoms. The van der Waals surface area contributed by atoms with Gasteiger partial charge in [0.05, 0.1) is 19.6 Å². The summed E-state index contributed by atoms with van der Waals surface area (Å²) in [6.07, 6.45) is 4.84. The SMILES string of the molecule is CCC=CCCC(=O)C(CC1OCCO1)[N+](=O)[O-]. The minimum Gasteiger partial charge on any atom is -0.350 e. The van der Waals surface area contributed by atoms with E-state index in [1.54, 1.807) is 0 Å². The van der Waals surface area contributed by atoms with Crippen LogP contribution in [0.3, 0.4) is 0 Å². The number of ketones is 1. The lowest BCUT2D eigenvalue weighted by Crippen LogP contribution is -2.33. The second-order valence-electron chi connectivity index (χ2n) is 4.09.